The summed E-state index contributed by atoms with van der Waals surface area (Å²) in [6, 6.07) is 6.66. The predicted molar refractivity (Wildman–Crippen MR) is 93.8 cm³/mol. The quantitative estimate of drug-likeness (QED) is 0.857. The van der Waals surface area contributed by atoms with Crippen molar-refractivity contribution in [3.63, 3.8) is 0 Å². The Kier molecular flexibility index (Phi) is 4.22. The van der Waals surface area contributed by atoms with Gasteiger partial charge in [-0.2, -0.15) is 0 Å². The zero-order valence-corrected chi connectivity index (χ0v) is 14.6. The van der Waals surface area contributed by atoms with Crippen molar-refractivity contribution in [2.24, 2.45) is 0 Å². The third-order valence-electron chi connectivity index (χ3n) is 5.23. The number of aromatic nitrogens is 1. The lowest BCUT2D eigenvalue weighted by Gasteiger charge is -2.44. The fraction of sp³-hybridized carbons (Fsp3) is 0.526. The van der Waals surface area contributed by atoms with Crippen LogP contribution in [0.15, 0.2) is 30.6 Å². The summed E-state index contributed by atoms with van der Waals surface area (Å²) in [5.74, 6) is 0. The molecule has 0 radical (unpaired) electrons. The smallest absolute Gasteiger partial charge is 0.0966 e. The van der Waals surface area contributed by atoms with Crippen molar-refractivity contribution in [3.8, 4) is 0 Å². The molecule has 1 fully saturated rings. The Morgan fingerprint density at radius 1 is 1.26 bits per heavy atom. The molecule has 2 aromatic rings. The standard InChI is InChI=1S/C19H24N2OS/c1-2-16-13-17-18(23-16)5-12-22-19(17)6-10-21(11-7-19)14-15-3-8-20-9-4-15/h3-4,8-9,13H,2,5-7,10-12,14H2,1H3. The number of hydrogen-bond donors (Lipinski definition) is 0. The van der Waals surface area contributed by atoms with Gasteiger partial charge in [0.25, 0.3) is 0 Å². The van der Waals surface area contributed by atoms with Crippen LogP contribution in [0.1, 0.15) is 40.6 Å². The molecule has 4 heteroatoms. The molecule has 0 aliphatic carbocycles. The van der Waals surface area contributed by atoms with Crippen LogP contribution >= 0.6 is 11.3 Å². The third-order valence-corrected chi connectivity index (χ3v) is 6.57. The van der Waals surface area contributed by atoms with Crippen LogP contribution in [-0.4, -0.2) is 29.6 Å². The lowest BCUT2D eigenvalue weighted by molar-refractivity contribution is -0.0981. The Hall–Kier alpha value is -1.23. The minimum atomic E-state index is -0.00769. The molecule has 23 heavy (non-hydrogen) atoms. The highest BCUT2D eigenvalue weighted by atomic mass is 32.1. The number of fused-ring (bicyclic) bond motifs is 2. The van der Waals surface area contributed by atoms with Gasteiger partial charge in [-0.15, -0.1) is 11.3 Å². The summed E-state index contributed by atoms with van der Waals surface area (Å²) >= 11 is 2.01. The fourth-order valence-electron chi connectivity index (χ4n) is 3.88. The van der Waals surface area contributed by atoms with E-state index in [0.717, 1.165) is 51.9 Å². The number of likely N-dealkylation sites (tertiary alicyclic amines) is 1. The number of nitrogens with zero attached hydrogens (tertiary/aromatic N) is 2. The van der Waals surface area contributed by atoms with E-state index < -0.39 is 0 Å². The van der Waals surface area contributed by atoms with E-state index in [2.05, 4.69) is 35.0 Å². The van der Waals surface area contributed by atoms with Crippen molar-refractivity contribution in [3.05, 3.63) is 51.5 Å². The number of pyridine rings is 1. The van der Waals surface area contributed by atoms with Gasteiger partial charge in [0.1, 0.15) is 0 Å². The molecular formula is C19H24N2OS. The SMILES string of the molecule is CCc1cc2c(s1)CCOC21CCN(Cc2ccncc2)CC1. The molecule has 0 unspecified atom stereocenters. The van der Waals surface area contributed by atoms with Crippen LogP contribution in [0.2, 0.25) is 0 Å². The van der Waals surface area contributed by atoms with Crippen molar-refractivity contribution in [1.29, 1.82) is 0 Å². The average Bonchev–Trinajstić information content (AvgIpc) is 3.03. The van der Waals surface area contributed by atoms with Crippen LogP contribution in [0.25, 0.3) is 0 Å². The molecule has 0 amide bonds. The van der Waals surface area contributed by atoms with Gasteiger partial charge in [0.15, 0.2) is 0 Å². The first-order valence-electron chi connectivity index (χ1n) is 8.66. The highest BCUT2D eigenvalue weighted by molar-refractivity contribution is 7.12. The van der Waals surface area contributed by atoms with Crippen molar-refractivity contribution >= 4 is 11.3 Å². The predicted octanol–water partition coefficient (Wildman–Crippen LogP) is 3.77. The summed E-state index contributed by atoms with van der Waals surface area (Å²) in [4.78, 5) is 9.74. The zero-order valence-electron chi connectivity index (χ0n) is 13.8. The van der Waals surface area contributed by atoms with Crippen molar-refractivity contribution < 1.29 is 4.74 Å². The fourth-order valence-corrected chi connectivity index (χ4v) is 5.06. The van der Waals surface area contributed by atoms with Crippen LogP contribution in [0.3, 0.4) is 0 Å². The van der Waals surface area contributed by atoms with Crippen LogP contribution in [0, 0.1) is 0 Å². The van der Waals surface area contributed by atoms with Crippen molar-refractivity contribution in [2.45, 2.75) is 44.8 Å². The van der Waals surface area contributed by atoms with Crippen LogP contribution in [-0.2, 0) is 29.7 Å². The van der Waals surface area contributed by atoms with E-state index in [0.29, 0.717) is 0 Å². The van der Waals surface area contributed by atoms with Gasteiger partial charge in [-0.05, 0) is 48.6 Å². The van der Waals surface area contributed by atoms with E-state index in [4.69, 9.17) is 4.74 Å². The Balaban J connectivity index is 1.48. The largest absolute Gasteiger partial charge is 0.370 e. The molecule has 0 bridgehead atoms. The first kappa shape index (κ1) is 15.3. The Morgan fingerprint density at radius 3 is 2.78 bits per heavy atom. The van der Waals surface area contributed by atoms with E-state index in [1.807, 2.05) is 23.7 Å². The van der Waals surface area contributed by atoms with Gasteiger partial charge in [0, 0.05) is 48.2 Å². The maximum absolute atomic E-state index is 6.36. The molecule has 2 aromatic heterocycles. The van der Waals surface area contributed by atoms with Gasteiger partial charge in [0.05, 0.1) is 12.2 Å². The summed E-state index contributed by atoms with van der Waals surface area (Å²) in [5, 5.41) is 0. The summed E-state index contributed by atoms with van der Waals surface area (Å²) < 4.78 is 6.36. The maximum Gasteiger partial charge on any atom is 0.0966 e. The van der Waals surface area contributed by atoms with E-state index in [1.165, 1.54) is 16.0 Å². The highest BCUT2D eigenvalue weighted by Crippen LogP contribution is 2.44. The molecule has 0 N–H and O–H groups in total. The van der Waals surface area contributed by atoms with Gasteiger partial charge in [0.2, 0.25) is 0 Å². The number of rotatable bonds is 3. The molecule has 2 aliphatic heterocycles. The molecule has 122 valence electrons. The number of thiophene rings is 1. The van der Waals surface area contributed by atoms with Gasteiger partial charge in [-0.3, -0.25) is 9.88 Å². The minimum Gasteiger partial charge on any atom is -0.370 e. The summed E-state index contributed by atoms with van der Waals surface area (Å²) in [5.41, 5.74) is 2.85. The van der Waals surface area contributed by atoms with Crippen molar-refractivity contribution in [1.82, 2.24) is 9.88 Å². The van der Waals surface area contributed by atoms with E-state index in [1.54, 1.807) is 4.88 Å². The Bertz CT molecular complexity index is 659. The molecule has 1 saturated heterocycles. The second-order valence-corrected chi connectivity index (χ2v) is 7.85. The Morgan fingerprint density at radius 2 is 2.04 bits per heavy atom. The lowest BCUT2D eigenvalue weighted by Crippen LogP contribution is -2.45. The van der Waals surface area contributed by atoms with Crippen LogP contribution in [0.5, 0.6) is 0 Å². The maximum atomic E-state index is 6.36. The van der Waals surface area contributed by atoms with Crippen LogP contribution in [0.4, 0.5) is 0 Å². The van der Waals surface area contributed by atoms with E-state index >= 15 is 0 Å². The summed E-state index contributed by atoms with van der Waals surface area (Å²) in [7, 11) is 0. The van der Waals surface area contributed by atoms with Gasteiger partial charge >= 0.3 is 0 Å². The molecule has 3 nitrogen and oxygen atoms in total. The Labute approximate surface area is 142 Å². The first-order chi connectivity index (χ1) is 11.3. The van der Waals surface area contributed by atoms with Gasteiger partial charge in [-0.1, -0.05) is 6.92 Å². The number of hydrogen-bond acceptors (Lipinski definition) is 4. The molecule has 1 spiro atoms. The number of aryl methyl sites for hydroxylation is 1. The molecule has 0 atom stereocenters. The van der Waals surface area contributed by atoms with Gasteiger partial charge < -0.3 is 4.74 Å². The highest BCUT2D eigenvalue weighted by Gasteiger charge is 2.41. The van der Waals surface area contributed by atoms with E-state index in [9.17, 15) is 0 Å². The van der Waals surface area contributed by atoms with Gasteiger partial charge in [-0.25, -0.2) is 0 Å². The second kappa shape index (κ2) is 6.34. The number of piperidine rings is 1. The van der Waals surface area contributed by atoms with Crippen molar-refractivity contribution in [2.75, 3.05) is 19.7 Å². The molecule has 4 rings (SSSR count). The molecule has 0 aromatic carbocycles. The summed E-state index contributed by atoms with van der Waals surface area (Å²) in [6.45, 7) is 6.39. The second-order valence-electron chi connectivity index (χ2n) is 6.63. The normalized spacial score (nSPS) is 20.6. The number of ether oxygens (including phenoxy) is 1. The average molecular weight is 328 g/mol. The monoisotopic (exact) mass is 328 g/mol. The molecule has 0 saturated carbocycles. The lowest BCUT2D eigenvalue weighted by atomic mass is 9.82. The topological polar surface area (TPSA) is 25.4 Å². The van der Waals surface area contributed by atoms with Crippen LogP contribution < -0.4 is 0 Å². The summed E-state index contributed by atoms with van der Waals surface area (Å²) in [6.07, 6.45) is 8.24. The van der Waals surface area contributed by atoms with E-state index in [-0.39, 0.29) is 5.60 Å². The molecule has 4 heterocycles. The third kappa shape index (κ3) is 2.95. The first-order valence-corrected chi connectivity index (χ1v) is 9.48. The molecular weight excluding hydrogens is 304 g/mol. The zero-order chi connectivity index (χ0) is 15.7. The minimum absolute atomic E-state index is 0.00769. The molecule has 2 aliphatic rings.